The number of rotatable bonds is 4. The van der Waals surface area contributed by atoms with Gasteiger partial charge in [0.25, 0.3) is 0 Å². The fourth-order valence-corrected chi connectivity index (χ4v) is 5.78. The quantitative estimate of drug-likeness (QED) is 0.165. The van der Waals surface area contributed by atoms with E-state index in [1.807, 2.05) is 72.8 Å². The topological polar surface area (TPSA) is 38.7 Å². The van der Waals surface area contributed by atoms with E-state index in [-0.39, 0.29) is 30.9 Å². The van der Waals surface area contributed by atoms with Gasteiger partial charge >= 0.3 is 20.1 Å². The molecule has 0 bridgehead atoms. The van der Waals surface area contributed by atoms with Gasteiger partial charge in [-0.15, -0.1) is 119 Å². The minimum atomic E-state index is 0. The molecule has 0 radical (unpaired) electrons. The minimum Gasteiger partial charge on any atom is -0.305 e. The number of benzene rings is 5. The van der Waals surface area contributed by atoms with Gasteiger partial charge in [0.1, 0.15) is 0 Å². The maximum Gasteiger partial charge on any atom is 3.00 e. The van der Waals surface area contributed by atoms with Crippen LogP contribution in [0.2, 0.25) is 0 Å². The molecule has 8 aromatic rings. The van der Waals surface area contributed by atoms with Crippen molar-refractivity contribution >= 4 is 27.9 Å². The summed E-state index contributed by atoms with van der Waals surface area (Å²) in [5, 5.41) is 2.34. The van der Waals surface area contributed by atoms with Crippen LogP contribution in [0.4, 0.5) is 0 Å². The van der Waals surface area contributed by atoms with E-state index in [2.05, 4.69) is 144 Å². The molecule has 0 fully saturated rings. The van der Waals surface area contributed by atoms with Gasteiger partial charge in [-0.1, -0.05) is 114 Å². The van der Waals surface area contributed by atoms with Crippen LogP contribution in [0.15, 0.2) is 158 Å². The Bertz CT molecular complexity index is 2310. The summed E-state index contributed by atoms with van der Waals surface area (Å²) in [4.78, 5) is 13.7. The van der Waals surface area contributed by atoms with Crippen LogP contribution in [0, 0.1) is 18.2 Å². The van der Waals surface area contributed by atoms with Crippen molar-refractivity contribution in [2.45, 2.75) is 52.4 Å². The molecule has 0 N–H and O–H groups in total. The van der Waals surface area contributed by atoms with Crippen molar-refractivity contribution in [2.75, 3.05) is 0 Å². The number of hydrogen-bond acceptors (Lipinski definition) is 3. The number of nitrogens with zero attached hydrogens (tertiary/aromatic N) is 3. The number of para-hydroxylation sites is 2. The van der Waals surface area contributed by atoms with E-state index < -0.39 is 0 Å². The van der Waals surface area contributed by atoms with Gasteiger partial charge in [-0.25, -0.2) is 0 Å². The molecule has 0 saturated heterocycles. The summed E-state index contributed by atoms with van der Waals surface area (Å²) >= 11 is 0. The number of aromatic nitrogens is 3. The first-order chi connectivity index (χ1) is 26.0. The Hall–Kier alpha value is -5.54. The normalized spacial score (nSPS) is 11.0. The van der Waals surface area contributed by atoms with Crippen LogP contribution in [0.1, 0.15) is 58.2 Å². The zero-order valence-electron chi connectivity index (χ0n) is 32.4. The van der Waals surface area contributed by atoms with Crippen LogP contribution < -0.4 is 0 Å². The third-order valence-corrected chi connectivity index (χ3v) is 9.12. The van der Waals surface area contributed by atoms with E-state index in [0.717, 1.165) is 50.4 Å². The average molecular weight is 893 g/mol. The smallest absolute Gasteiger partial charge is 0.305 e. The van der Waals surface area contributed by atoms with E-state index in [4.69, 9.17) is 9.97 Å². The maximum absolute atomic E-state index is 4.71. The second kappa shape index (κ2) is 18.2. The summed E-state index contributed by atoms with van der Waals surface area (Å²) < 4.78 is 0. The van der Waals surface area contributed by atoms with Crippen molar-refractivity contribution in [3.63, 3.8) is 0 Å². The molecular weight excluding hydrogens is 847 g/mol. The summed E-state index contributed by atoms with van der Waals surface area (Å²) in [7, 11) is 0. The third-order valence-electron chi connectivity index (χ3n) is 9.12. The average Bonchev–Trinajstić information content (AvgIpc) is 3.21. The van der Waals surface area contributed by atoms with Gasteiger partial charge in [-0.05, 0) is 56.9 Å². The molecule has 55 heavy (non-hydrogen) atoms. The predicted molar refractivity (Wildman–Crippen MR) is 228 cm³/mol. The molecular formula is C51H46IrN3. The van der Waals surface area contributed by atoms with Gasteiger partial charge in [0.15, 0.2) is 0 Å². The predicted octanol–water partition coefficient (Wildman–Crippen LogP) is 13.2. The zero-order chi connectivity index (χ0) is 38.1. The molecule has 0 saturated carbocycles. The largest absolute Gasteiger partial charge is 3.00 e. The van der Waals surface area contributed by atoms with Gasteiger partial charge < -0.3 is 4.98 Å². The molecule has 274 valence electrons. The second-order valence-electron chi connectivity index (χ2n) is 15.2. The third kappa shape index (κ3) is 10.8. The first kappa shape index (κ1) is 40.6. The molecule has 4 heteroatoms. The Kier molecular flexibility index (Phi) is 13.4. The maximum atomic E-state index is 4.71. The van der Waals surface area contributed by atoms with Gasteiger partial charge in [0.2, 0.25) is 0 Å². The fraction of sp³-hybridized carbons (Fsp3) is 0.157. The Morgan fingerprint density at radius 1 is 0.473 bits per heavy atom. The summed E-state index contributed by atoms with van der Waals surface area (Å²) in [5.74, 6) is 0. The zero-order valence-corrected chi connectivity index (χ0v) is 34.8. The first-order valence-corrected chi connectivity index (χ1v) is 18.3. The van der Waals surface area contributed by atoms with E-state index in [9.17, 15) is 0 Å². The minimum absolute atomic E-state index is 0. The molecule has 0 amide bonds. The van der Waals surface area contributed by atoms with Crippen LogP contribution in [-0.2, 0) is 30.9 Å². The molecule has 0 aliphatic rings. The van der Waals surface area contributed by atoms with E-state index in [1.54, 1.807) is 12.3 Å². The van der Waals surface area contributed by atoms with E-state index in [1.165, 1.54) is 21.9 Å². The molecule has 0 aliphatic carbocycles. The van der Waals surface area contributed by atoms with Crippen molar-refractivity contribution in [1.82, 2.24) is 15.0 Å². The molecule has 0 aliphatic heterocycles. The Morgan fingerprint density at radius 2 is 0.927 bits per heavy atom. The Morgan fingerprint density at radius 3 is 1.33 bits per heavy atom. The van der Waals surface area contributed by atoms with Crippen LogP contribution in [0.5, 0.6) is 0 Å². The summed E-state index contributed by atoms with van der Waals surface area (Å²) in [5.41, 5.74) is 12.0. The first-order valence-electron chi connectivity index (χ1n) is 18.3. The van der Waals surface area contributed by atoms with Crippen molar-refractivity contribution in [1.29, 1.82) is 0 Å². The van der Waals surface area contributed by atoms with Crippen LogP contribution in [0.3, 0.4) is 0 Å². The molecule has 5 aromatic carbocycles. The molecule has 3 heterocycles. The monoisotopic (exact) mass is 893 g/mol. The van der Waals surface area contributed by atoms with Crippen molar-refractivity contribution in [2.24, 2.45) is 0 Å². The number of pyridine rings is 3. The van der Waals surface area contributed by atoms with Gasteiger partial charge in [0.05, 0.1) is 11.0 Å². The molecule has 0 unspecified atom stereocenters. The SMILES string of the molecule is C=Cc1c[c-]c(-c2ccccn2)cc1.CC(C)(C)c1c[c-]c(-c2ccc3ccccc3n2)cc1.CC(C)(C)c1c[c-]c(-c2ccc3ccccc3n2)cc1.[Ir+3]. The fourth-order valence-electron chi connectivity index (χ4n) is 5.78. The Balaban J connectivity index is 0.000000160. The molecule has 8 rings (SSSR count). The van der Waals surface area contributed by atoms with Gasteiger partial charge in [-0.3, -0.25) is 9.97 Å². The molecule has 0 atom stereocenters. The second-order valence-corrected chi connectivity index (χ2v) is 15.2. The summed E-state index contributed by atoms with van der Waals surface area (Å²) in [6.07, 6.45) is 3.59. The van der Waals surface area contributed by atoms with Crippen LogP contribution in [-0.4, -0.2) is 15.0 Å². The summed E-state index contributed by atoms with van der Waals surface area (Å²) in [6, 6.07) is 59.1. The van der Waals surface area contributed by atoms with Crippen molar-refractivity contribution < 1.29 is 20.1 Å². The van der Waals surface area contributed by atoms with Crippen LogP contribution in [0.25, 0.3) is 61.7 Å². The van der Waals surface area contributed by atoms with Gasteiger partial charge in [-0.2, -0.15) is 0 Å². The van der Waals surface area contributed by atoms with Gasteiger partial charge in [0, 0.05) is 6.20 Å². The van der Waals surface area contributed by atoms with Crippen LogP contribution >= 0.6 is 0 Å². The Labute approximate surface area is 340 Å². The van der Waals surface area contributed by atoms with Crippen molar-refractivity contribution in [3.8, 4) is 33.8 Å². The van der Waals surface area contributed by atoms with E-state index in [0.29, 0.717) is 0 Å². The van der Waals surface area contributed by atoms with E-state index >= 15 is 0 Å². The summed E-state index contributed by atoms with van der Waals surface area (Å²) in [6.45, 7) is 17.0. The number of hydrogen-bond donors (Lipinski definition) is 0. The molecule has 3 aromatic heterocycles. The number of fused-ring (bicyclic) bond motifs is 2. The van der Waals surface area contributed by atoms with Crippen molar-refractivity contribution in [3.05, 3.63) is 193 Å². The standard InChI is InChI=1S/2C19H18N.C13H10N.Ir/c2*1-19(2,3)16-11-8-15(9-12-16)18-13-10-14-6-4-5-7-17(14)20-18;1-2-11-6-8-12(9-7-11)13-5-3-4-10-14-13;/h2*4-8,10-13H,1-3H3;2-8,10H,1H2;/q3*-1;+3. The molecule has 0 spiro atoms. The molecule has 3 nitrogen and oxygen atoms in total.